The summed E-state index contributed by atoms with van der Waals surface area (Å²) in [7, 11) is 0. The summed E-state index contributed by atoms with van der Waals surface area (Å²) < 4.78 is 0. The molecule has 76 valence electrons. The Hall–Kier alpha value is -0.370. The standard InChI is InChI=1S/C11H21NO/c1-9(6-7-12)11(13)8-10-4-2-3-5-10/h9-10H,2-8,12H2,1H3. The average molecular weight is 183 g/mol. The second kappa shape index (κ2) is 5.38. The molecule has 2 nitrogen and oxygen atoms in total. The van der Waals surface area contributed by atoms with Crippen LogP contribution in [0.3, 0.4) is 0 Å². The van der Waals surface area contributed by atoms with E-state index in [0.717, 1.165) is 12.8 Å². The van der Waals surface area contributed by atoms with E-state index in [1.807, 2.05) is 6.92 Å². The van der Waals surface area contributed by atoms with Crippen LogP contribution in [0.15, 0.2) is 0 Å². The van der Waals surface area contributed by atoms with E-state index >= 15 is 0 Å². The van der Waals surface area contributed by atoms with E-state index in [0.29, 0.717) is 18.2 Å². The zero-order chi connectivity index (χ0) is 9.68. The molecule has 0 heterocycles. The first-order chi connectivity index (χ1) is 6.24. The minimum absolute atomic E-state index is 0.186. The first-order valence-corrected chi connectivity index (χ1v) is 5.46. The minimum Gasteiger partial charge on any atom is -0.330 e. The largest absolute Gasteiger partial charge is 0.330 e. The van der Waals surface area contributed by atoms with Gasteiger partial charge in [-0.05, 0) is 18.9 Å². The lowest BCUT2D eigenvalue weighted by Crippen LogP contribution is -2.17. The monoisotopic (exact) mass is 183 g/mol. The third-order valence-corrected chi connectivity index (χ3v) is 3.11. The van der Waals surface area contributed by atoms with Gasteiger partial charge in [0.15, 0.2) is 0 Å². The van der Waals surface area contributed by atoms with Gasteiger partial charge >= 0.3 is 0 Å². The molecule has 13 heavy (non-hydrogen) atoms. The van der Waals surface area contributed by atoms with Crippen molar-refractivity contribution in [1.29, 1.82) is 0 Å². The number of Topliss-reactive ketones (excluding diaryl/α,β-unsaturated/α-hetero) is 1. The van der Waals surface area contributed by atoms with Gasteiger partial charge in [-0.2, -0.15) is 0 Å². The molecule has 2 N–H and O–H groups in total. The van der Waals surface area contributed by atoms with Crippen LogP contribution in [0.1, 0.15) is 45.4 Å². The molecule has 1 saturated carbocycles. The van der Waals surface area contributed by atoms with Gasteiger partial charge in [-0.15, -0.1) is 0 Å². The second-order valence-electron chi connectivity index (χ2n) is 4.30. The van der Waals surface area contributed by atoms with Crippen molar-refractivity contribution in [2.75, 3.05) is 6.54 Å². The number of hydrogen-bond donors (Lipinski definition) is 1. The molecule has 0 aromatic rings. The van der Waals surface area contributed by atoms with Gasteiger partial charge in [0.2, 0.25) is 0 Å². The number of nitrogens with two attached hydrogens (primary N) is 1. The molecule has 1 atom stereocenters. The number of ketones is 1. The van der Waals surface area contributed by atoms with Crippen molar-refractivity contribution in [2.45, 2.75) is 45.4 Å². The Morgan fingerprint density at radius 1 is 1.46 bits per heavy atom. The van der Waals surface area contributed by atoms with Crippen molar-refractivity contribution in [3.63, 3.8) is 0 Å². The summed E-state index contributed by atoms with van der Waals surface area (Å²) in [5, 5.41) is 0. The maximum Gasteiger partial charge on any atom is 0.136 e. The smallest absolute Gasteiger partial charge is 0.136 e. The predicted octanol–water partition coefficient (Wildman–Crippen LogP) is 2.12. The van der Waals surface area contributed by atoms with Crippen LogP contribution in [0.4, 0.5) is 0 Å². The van der Waals surface area contributed by atoms with Gasteiger partial charge in [-0.25, -0.2) is 0 Å². The van der Waals surface area contributed by atoms with Gasteiger partial charge in [-0.3, -0.25) is 4.79 Å². The first-order valence-electron chi connectivity index (χ1n) is 5.46. The van der Waals surface area contributed by atoms with Gasteiger partial charge in [0.05, 0.1) is 0 Å². The maximum absolute atomic E-state index is 11.6. The van der Waals surface area contributed by atoms with Crippen LogP contribution in [0.5, 0.6) is 0 Å². The van der Waals surface area contributed by atoms with Gasteiger partial charge in [0.25, 0.3) is 0 Å². The van der Waals surface area contributed by atoms with E-state index in [4.69, 9.17) is 5.73 Å². The maximum atomic E-state index is 11.6. The Morgan fingerprint density at radius 2 is 2.08 bits per heavy atom. The Balaban J connectivity index is 2.22. The van der Waals surface area contributed by atoms with E-state index in [-0.39, 0.29) is 5.92 Å². The number of carbonyl (C=O) groups is 1. The van der Waals surface area contributed by atoms with Gasteiger partial charge < -0.3 is 5.73 Å². The molecule has 1 unspecified atom stereocenters. The first kappa shape index (κ1) is 10.7. The molecule has 0 aromatic carbocycles. The molecule has 0 bridgehead atoms. The van der Waals surface area contributed by atoms with Crippen molar-refractivity contribution in [3.05, 3.63) is 0 Å². The zero-order valence-corrected chi connectivity index (χ0v) is 8.59. The van der Waals surface area contributed by atoms with Crippen LogP contribution in [-0.2, 0) is 4.79 Å². The second-order valence-corrected chi connectivity index (χ2v) is 4.30. The summed E-state index contributed by atoms with van der Waals surface area (Å²) in [6, 6.07) is 0. The third-order valence-electron chi connectivity index (χ3n) is 3.11. The van der Waals surface area contributed by atoms with Gasteiger partial charge in [0.1, 0.15) is 5.78 Å². The highest BCUT2D eigenvalue weighted by molar-refractivity contribution is 5.80. The van der Waals surface area contributed by atoms with Crippen LogP contribution in [-0.4, -0.2) is 12.3 Å². The molecule has 1 aliphatic rings. The molecule has 1 aliphatic carbocycles. The fourth-order valence-electron chi connectivity index (χ4n) is 2.11. The molecular weight excluding hydrogens is 162 g/mol. The zero-order valence-electron chi connectivity index (χ0n) is 8.59. The topological polar surface area (TPSA) is 43.1 Å². The molecule has 1 rings (SSSR count). The number of hydrogen-bond acceptors (Lipinski definition) is 2. The number of carbonyl (C=O) groups excluding carboxylic acids is 1. The molecule has 0 aliphatic heterocycles. The van der Waals surface area contributed by atoms with Crippen molar-refractivity contribution < 1.29 is 4.79 Å². The lowest BCUT2D eigenvalue weighted by Gasteiger charge is -2.12. The quantitative estimate of drug-likeness (QED) is 0.709. The molecule has 0 aromatic heterocycles. The Labute approximate surface area is 80.9 Å². The Morgan fingerprint density at radius 3 is 2.62 bits per heavy atom. The van der Waals surface area contributed by atoms with E-state index in [2.05, 4.69) is 0 Å². The predicted molar refractivity (Wildman–Crippen MR) is 54.4 cm³/mol. The minimum atomic E-state index is 0.186. The fraction of sp³-hybridized carbons (Fsp3) is 0.909. The normalized spacial score (nSPS) is 20.5. The molecule has 2 heteroatoms. The van der Waals surface area contributed by atoms with Crippen molar-refractivity contribution in [2.24, 2.45) is 17.6 Å². The molecule has 0 spiro atoms. The molecular formula is C11H21NO. The molecule has 1 fully saturated rings. The summed E-state index contributed by atoms with van der Waals surface area (Å²) in [6.45, 7) is 2.64. The highest BCUT2D eigenvalue weighted by Gasteiger charge is 2.21. The van der Waals surface area contributed by atoms with Crippen molar-refractivity contribution in [1.82, 2.24) is 0 Å². The summed E-state index contributed by atoms with van der Waals surface area (Å²) in [5.41, 5.74) is 5.42. The third kappa shape index (κ3) is 3.47. The van der Waals surface area contributed by atoms with Crippen LogP contribution >= 0.6 is 0 Å². The SMILES string of the molecule is CC(CCN)C(=O)CC1CCCC1. The van der Waals surface area contributed by atoms with E-state index in [9.17, 15) is 4.79 Å². The van der Waals surface area contributed by atoms with Crippen LogP contribution in [0.2, 0.25) is 0 Å². The lowest BCUT2D eigenvalue weighted by molar-refractivity contribution is -0.123. The van der Waals surface area contributed by atoms with Crippen LogP contribution in [0, 0.1) is 11.8 Å². The molecule has 0 radical (unpaired) electrons. The highest BCUT2D eigenvalue weighted by atomic mass is 16.1. The van der Waals surface area contributed by atoms with Crippen molar-refractivity contribution in [3.8, 4) is 0 Å². The van der Waals surface area contributed by atoms with E-state index < -0.39 is 0 Å². The summed E-state index contributed by atoms with van der Waals surface area (Å²) >= 11 is 0. The van der Waals surface area contributed by atoms with E-state index in [1.165, 1.54) is 25.7 Å². The fourth-order valence-corrected chi connectivity index (χ4v) is 2.11. The Bertz CT molecular complexity index is 161. The average Bonchev–Trinajstić information content (AvgIpc) is 2.57. The number of rotatable bonds is 5. The lowest BCUT2D eigenvalue weighted by atomic mass is 9.92. The van der Waals surface area contributed by atoms with Gasteiger partial charge in [-0.1, -0.05) is 32.6 Å². The van der Waals surface area contributed by atoms with Crippen LogP contribution < -0.4 is 5.73 Å². The summed E-state index contributed by atoms with van der Waals surface area (Å²) in [5.74, 6) is 1.30. The molecule has 0 saturated heterocycles. The molecule has 0 amide bonds. The van der Waals surface area contributed by atoms with E-state index in [1.54, 1.807) is 0 Å². The summed E-state index contributed by atoms with van der Waals surface area (Å²) in [6.07, 6.45) is 6.83. The highest BCUT2D eigenvalue weighted by Crippen LogP contribution is 2.28. The summed E-state index contributed by atoms with van der Waals surface area (Å²) in [4.78, 5) is 11.6. The van der Waals surface area contributed by atoms with Crippen molar-refractivity contribution >= 4 is 5.78 Å². The van der Waals surface area contributed by atoms with Gasteiger partial charge in [0, 0.05) is 12.3 Å². The Kier molecular flexibility index (Phi) is 4.43. The van der Waals surface area contributed by atoms with Crippen LogP contribution in [0.25, 0.3) is 0 Å².